The van der Waals surface area contributed by atoms with Crippen molar-refractivity contribution in [1.29, 1.82) is 0 Å². The number of nitrogens with zero attached hydrogens (tertiary/aromatic N) is 5. The Labute approximate surface area is 218 Å². The summed E-state index contributed by atoms with van der Waals surface area (Å²) in [6.07, 6.45) is 8.83. The number of carbonyl (C=O) groups excluding carboxylic acids is 1. The molecule has 3 N–H and O–H groups in total. The largest absolute Gasteiger partial charge is 0.359 e. The third-order valence-electron chi connectivity index (χ3n) is 7.68. The summed E-state index contributed by atoms with van der Waals surface area (Å²) < 4.78 is 1.02. The van der Waals surface area contributed by atoms with Gasteiger partial charge < -0.3 is 20.9 Å². The zero-order valence-electron chi connectivity index (χ0n) is 20.2. The van der Waals surface area contributed by atoms with Crippen LogP contribution in [0.25, 0.3) is 10.2 Å². The van der Waals surface area contributed by atoms with Gasteiger partial charge in [-0.3, -0.25) is 9.79 Å². The number of aromatic nitrogens is 3. The maximum absolute atomic E-state index is 13.3. The van der Waals surface area contributed by atoms with Gasteiger partial charge in [0.25, 0.3) is 5.91 Å². The quantitative estimate of drug-likeness (QED) is 0.320. The highest BCUT2D eigenvalue weighted by Crippen LogP contribution is 2.36. The zero-order valence-corrected chi connectivity index (χ0v) is 21.9. The van der Waals surface area contributed by atoms with Gasteiger partial charge in [-0.25, -0.2) is 15.0 Å². The Morgan fingerprint density at radius 2 is 2.08 bits per heavy atom. The van der Waals surface area contributed by atoms with Crippen LogP contribution in [0, 0.1) is 5.92 Å². The van der Waals surface area contributed by atoms with Crippen LogP contribution in [0.3, 0.4) is 0 Å². The first-order valence-electron chi connectivity index (χ1n) is 12.3. The summed E-state index contributed by atoms with van der Waals surface area (Å²) in [5.41, 5.74) is 1.39. The van der Waals surface area contributed by atoms with Gasteiger partial charge in [0, 0.05) is 67.0 Å². The molecule has 1 aromatic carbocycles. The van der Waals surface area contributed by atoms with Crippen molar-refractivity contribution < 1.29 is 4.79 Å². The minimum absolute atomic E-state index is 0.0646. The van der Waals surface area contributed by atoms with Gasteiger partial charge in [0.15, 0.2) is 5.13 Å². The van der Waals surface area contributed by atoms with Crippen molar-refractivity contribution in [3.05, 3.63) is 36.2 Å². The topological polar surface area (TPSA) is 107 Å². The van der Waals surface area contributed by atoms with Gasteiger partial charge in [-0.1, -0.05) is 11.3 Å². The summed E-state index contributed by atoms with van der Waals surface area (Å²) in [6.45, 7) is 6.84. The average Bonchev–Trinajstić information content (AvgIpc) is 3.66. The highest BCUT2D eigenvalue weighted by Gasteiger charge is 2.50. The molecule has 2 saturated heterocycles. The maximum Gasteiger partial charge on any atom is 0.253 e. The summed E-state index contributed by atoms with van der Waals surface area (Å²) in [5.74, 6) is 1.09. The van der Waals surface area contributed by atoms with Crippen molar-refractivity contribution in [3.63, 3.8) is 0 Å². The lowest BCUT2D eigenvalue weighted by atomic mass is 9.92. The van der Waals surface area contributed by atoms with E-state index in [1.54, 1.807) is 23.1 Å². The van der Waals surface area contributed by atoms with Crippen LogP contribution in [0.1, 0.15) is 29.6 Å². The summed E-state index contributed by atoms with van der Waals surface area (Å²) >= 11 is 3.25. The second-order valence-corrected chi connectivity index (χ2v) is 11.8. The molecule has 4 atom stereocenters. The van der Waals surface area contributed by atoms with Gasteiger partial charge in [0.05, 0.1) is 15.8 Å². The van der Waals surface area contributed by atoms with Crippen LogP contribution >= 0.6 is 23.1 Å². The van der Waals surface area contributed by atoms with E-state index in [4.69, 9.17) is 4.98 Å². The number of aliphatic imine (C=N–C) groups is 1. The highest BCUT2D eigenvalue weighted by molar-refractivity contribution is 7.98. The molecule has 0 bridgehead atoms. The lowest BCUT2D eigenvalue weighted by molar-refractivity contribution is 0.0779. The molecule has 36 heavy (non-hydrogen) atoms. The van der Waals surface area contributed by atoms with Crippen molar-refractivity contribution in [1.82, 2.24) is 25.2 Å². The van der Waals surface area contributed by atoms with Gasteiger partial charge in [-0.2, -0.15) is 0 Å². The molecular weight excluding hydrogens is 492 g/mol. The monoisotopic (exact) mass is 522 g/mol. The number of hydrogen-bond donors (Lipinski definition) is 3. The molecule has 188 valence electrons. The molecule has 6 rings (SSSR count). The summed E-state index contributed by atoms with van der Waals surface area (Å²) in [4.78, 5) is 34.3. The Balaban J connectivity index is 1.09. The smallest absolute Gasteiger partial charge is 0.253 e. The summed E-state index contributed by atoms with van der Waals surface area (Å²) in [6, 6.07) is 6.51. The third-order valence-corrected chi connectivity index (χ3v) is 9.31. The van der Waals surface area contributed by atoms with Gasteiger partial charge in [0.1, 0.15) is 0 Å². The maximum atomic E-state index is 13.3. The lowest BCUT2D eigenvalue weighted by Gasteiger charge is -2.22. The number of thiazole rings is 1. The van der Waals surface area contributed by atoms with E-state index in [1.807, 2.05) is 41.7 Å². The number of likely N-dealkylation sites (tertiary alicyclic amines) is 1. The molecule has 1 saturated carbocycles. The Hall–Kier alpha value is -2.76. The molecule has 4 heterocycles. The Morgan fingerprint density at radius 3 is 2.83 bits per heavy atom. The van der Waals surface area contributed by atoms with Gasteiger partial charge in [-0.15, -0.1) is 11.8 Å². The Kier molecular flexibility index (Phi) is 6.30. The van der Waals surface area contributed by atoms with Crippen LogP contribution in [0.4, 0.5) is 11.1 Å². The standard InChI is InChI=1S/C25H30N8OS2/c1-26-25-13-27-9-16(25)12-33(14-25)22(34)15-3-6-20-21(7-15)36-24(32-20)31-18-5-4-17(8-18)30-23-28-10-19(35-2)11-29-23/h3,6-7,10-11,16-18,27H,1,4-5,8-9,12-14H2,2H3,(H,31,32)(H,28,29,30)/t16-,17-,18-,25-/m0/s1. The molecule has 9 nitrogen and oxygen atoms in total. The first-order chi connectivity index (χ1) is 17.5. The molecule has 1 amide bonds. The Bertz CT molecular complexity index is 1280. The van der Waals surface area contributed by atoms with E-state index in [0.717, 1.165) is 59.1 Å². The number of benzene rings is 1. The number of carbonyl (C=O) groups is 1. The number of rotatable bonds is 7. The van der Waals surface area contributed by atoms with Crippen molar-refractivity contribution in [2.45, 2.75) is 41.8 Å². The van der Waals surface area contributed by atoms with E-state index < -0.39 is 0 Å². The predicted molar refractivity (Wildman–Crippen MR) is 147 cm³/mol. The van der Waals surface area contributed by atoms with Crippen LogP contribution in [0.5, 0.6) is 0 Å². The Morgan fingerprint density at radius 1 is 1.28 bits per heavy atom. The number of thioether (sulfide) groups is 1. The minimum Gasteiger partial charge on any atom is -0.359 e. The van der Waals surface area contributed by atoms with Gasteiger partial charge >= 0.3 is 0 Å². The zero-order chi connectivity index (χ0) is 24.7. The fraction of sp³-hybridized carbons (Fsp3) is 0.480. The van der Waals surface area contributed by atoms with E-state index in [9.17, 15) is 4.79 Å². The van der Waals surface area contributed by atoms with Crippen LogP contribution < -0.4 is 16.0 Å². The van der Waals surface area contributed by atoms with E-state index in [2.05, 4.69) is 37.6 Å². The van der Waals surface area contributed by atoms with Crippen molar-refractivity contribution in [2.24, 2.45) is 10.9 Å². The number of fused-ring (bicyclic) bond motifs is 2. The molecule has 11 heteroatoms. The third kappa shape index (κ3) is 4.44. The molecule has 2 aliphatic heterocycles. The van der Waals surface area contributed by atoms with Crippen molar-refractivity contribution in [2.75, 3.05) is 43.1 Å². The van der Waals surface area contributed by atoms with Crippen molar-refractivity contribution in [3.8, 4) is 0 Å². The normalized spacial score (nSPS) is 27.4. The first kappa shape index (κ1) is 23.6. The lowest BCUT2D eigenvalue weighted by Crippen LogP contribution is -2.39. The van der Waals surface area contributed by atoms with Crippen LogP contribution in [-0.2, 0) is 0 Å². The van der Waals surface area contributed by atoms with Crippen molar-refractivity contribution >= 4 is 57.0 Å². The first-order valence-corrected chi connectivity index (χ1v) is 14.4. The van der Waals surface area contributed by atoms with E-state index in [-0.39, 0.29) is 11.4 Å². The minimum atomic E-state index is -0.237. The molecular formula is C25H30N8OS2. The molecule has 2 aromatic heterocycles. The van der Waals surface area contributed by atoms with E-state index in [0.29, 0.717) is 36.1 Å². The average molecular weight is 523 g/mol. The molecule has 3 aliphatic rings. The number of amides is 1. The SMILES string of the molecule is C=N[C@]12CNC[C@H]1CN(C(=O)c1ccc3nc(N[C@H]4CC[C@H](Nc5ncc(SC)cn5)C4)sc3c1)C2. The highest BCUT2D eigenvalue weighted by atomic mass is 32.2. The van der Waals surface area contributed by atoms with E-state index >= 15 is 0 Å². The predicted octanol–water partition coefficient (Wildman–Crippen LogP) is 3.37. The molecule has 3 fully saturated rings. The molecule has 3 aromatic rings. The van der Waals surface area contributed by atoms with Crippen LogP contribution in [-0.4, -0.2) is 82.5 Å². The second kappa shape index (κ2) is 9.60. The van der Waals surface area contributed by atoms with Gasteiger partial charge in [-0.05, 0) is 50.4 Å². The summed E-state index contributed by atoms with van der Waals surface area (Å²) in [5, 5.41) is 11.4. The number of anilines is 2. The fourth-order valence-electron chi connectivity index (χ4n) is 5.67. The second-order valence-electron chi connectivity index (χ2n) is 9.92. The molecule has 0 radical (unpaired) electrons. The fourth-order valence-corrected chi connectivity index (χ4v) is 6.96. The number of hydrogen-bond acceptors (Lipinski definition) is 10. The molecule has 0 spiro atoms. The van der Waals surface area contributed by atoms with Crippen LogP contribution in [0.15, 0.2) is 40.5 Å². The number of nitrogens with one attached hydrogen (secondary N) is 3. The summed E-state index contributed by atoms with van der Waals surface area (Å²) in [7, 11) is 0. The van der Waals surface area contributed by atoms with Crippen LogP contribution in [0.2, 0.25) is 0 Å². The molecule has 1 aliphatic carbocycles. The molecule has 0 unspecified atom stereocenters. The van der Waals surface area contributed by atoms with Gasteiger partial charge in [0.2, 0.25) is 5.95 Å². The van der Waals surface area contributed by atoms with E-state index in [1.165, 1.54) is 0 Å².